The van der Waals surface area contributed by atoms with Gasteiger partial charge in [-0.05, 0) is 48.9 Å². The lowest BCUT2D eigenvalue weighted by Gasteiger charge is -2.20. The average Bonchev–Trinajstić information content (AvgIpc) is 3.56. The van der Waals surface area contributed by atoms with Crippen LogP contribution in [0.5, 0.6) is 0 Å². The fraction of sp³-hybridized carbons (Fsp3) is 0.375. The number of hydrogen-bond donors (Lipinski definition) is 2. The second-order valence-electron chi connectivity index (χ2n) is 7.98. The van der Waals surface area contributed by atoms with Crippen LogP contribution in [0.15, 0.2) is 46.5 Å². The molecule has 1 aliphatic heterocycles. The van der Waals surface area contributed by atoms with E-state index in [1.807, 2.05) is 47.3 Å². The van der Waals surface area contributed by atoms with Gasteiger partial charge in [0, 0.05) is 40.8 Å². The van der Waals surface area contributed by atoms with Crippen LogP contribution in [-0.2, 0) is 16.0 Å². The molecule has 8 heteroatoms. The van der Waals surface area contributed by atoms with E-state index >= 15 is 0 Å². The SMILES string of the molecule is CCCC(NC(=O)Cc1csc(-c2ccsc2)n1)C(=O)Nc1cccc(N2CCCC2)c1. The molecule has 0 bridgehead atoms. The molecule has 0 radical (unpaired) electrons. The molecule has 168 valence electrons. The minimum atomic E-state index is -0.571. The van der Waals surface area contributed by atoms with Crippen LogP contribution in [0.1, 0.15) is 38.3 Å². The Morgan fingerprint density at radius 3 is 2.78 bits per heavy atom. The van der Waals surface area contributed by atoms with Crippen LogP contribution < -0.4 is 15.5 Å². The second kappa shape index (κ2) is 10.7. The molecule has 32 heavy (non-hydrogen) atoms. The third kappa shape index (κ3) is 5.75. The molecule has 3 aromatic rings. The molecule has 3 heterocycles. The smallest absolute Gasteiger partial charge is 0.246 e. The van der Waals surface area contributed by atoms with Gasteiger partial charge in [0.05, 0.1) is 12.1 Å². The van der Waals surface area contributed by atoms with E-state index in [1.165, 1.54) is 24.2 Å². The zero-order valence-electron chi connectivity index (χ0n) is 18.2. The summed E-state index contributed by atoms with van der Waals surface area (Å²) >= 11 is 3.15. The maximum Gasteiger partial charge on any atom is 0.246 e. The molecule has 1 aromatic carbocycles. The fourth-order valence-electron chi connectivity index (χ4n) is 3.86. The minimum Gasteiger partial charge on any atom is -0.371 e. The molecule has 2 amide bonds. The van der Waals surface area contributed by atoms with E-state index < -0.39 is 6.04 Å². The molecule has 0 saturated carbocycles. The van der Waals surface area contributed by atoms with Crippen LogP contribution in [-0.4, -0.2) is 35.9 Å². The summed E-state index contributed by atoms with van der Waals surface area (Å²) < 4.78 is 0. The maximum absolute atomic E-state index is 12.9. The Kier molecular flexibility index (Phi) is 7.55. The summed E-state index contributed by atoms with van der Waals surface area (Å²) in [5, 5.41) is 12.8. The Hall–Kier alpha value is -2.71. The van der Waals surface area contributed by atoms with Crippen molar-refractivity contribution in [2.45, 2.75) is 45.1 Å². The highest BCUT2D eigenvalue weighted by Crippen LogP contribution is 2.26. The van der Waals surface area contributed by atoms with Crippen LogP contribution >= 0.6 is 22.7 Å². The van der Waals surface area contributed by atoms with Gasteiger partial charge in [-0.3, -0.25) is 9.59 Å². The maximum atomic E-state index is 12.9. The van der Waals surface area contributed by atoms with E-state index in [-0.39, 0.29) is 18.2 Å². The molecule has 4 rings (SSSR count). The number of carbonyl (C=O) groups is 2. The molecular formula is C24H28N4O2S2. The molecule has 2 N–H and O–H groups in total. The quantitative estimate of drug-likeness (QED) is 0.467. The number of hydrogen-bond acceptors (Lipinski definition) is 6. The number of amides is 2. The van der Waals surface area contributed by atoms with Crippen molar-refractivity contribution in [3.8, 4) is 10.6 Å². The number of benzene rings is 1. The number of nitrogens with zero attached hydrogens (tertiary/aromatic N) is 2. The van der Waals surface area contributed by atoms with E-state index in [2.05, 4.69) is 26.6 Å². The summed E-state index contributed by atoms with van der Waals surface area (Å²) in [4.78, 5) is 32.5. The lowest BCUT2D eigenvalue weighted by molar-refractivity contribution is -0.126. The van der Waals surface area contributed by atoms with Crippen LogP contribution in [0.2, 0.25) is 0 Å². The average molecular weight is 469 g/mol. The number of nitrogens with one attached hydrogen (secondary N) is 2. The number of anilines is 2. The van der Waals surface area contributed by atoms with Crippen molar-refractivity contribution in [2.24, 2.45) is 0 Å². The predicted molar refractivity (Wildman–Crippen MR) is 132 cm³/mol. The first-order valence-electron chi connectivity index (χ1n) is 11.0. The first kappa shape index (κ1) is 22.5. The topological polar surface area (TPSA) is 74.3 Å². The van der Waals surface area contributed by atoms with Gasteiger partial charge in [-0.1, -0.05) is 19.4 Å². The fourth-order valence-corrected chi connectivity index (χ4v) is 5.39. The van der Waals surface area contributed by atoms with Crippen LogP contribution in [0.25, 0.3) is 10.6 Å². The summed E-state index contributed by atoms with van der Waals surface area (Å²) in [5.41, 5.74) is 3.68. The summed E-state index contributed by atoms with van der Waals surface area (Å²) in [6.45, 7) is 4.11. The van der Waals surface area contributed by atoms with Crippen LogP contribution in [0, 0.1) is 0 Å². The van der Waals surface area contributed by atoms with Crippen LogP contribution in [0.3, 0.4) is 0 Å². The third-order valence-electron chi connectivity index (χ3n) is 5.48. The number of aromatic nitrogens is 1. The molecule has 1 atom stereocenters. The summed E-state index contributed by atoms with van der Waals surface area (Å²) in [7, 11) is 0. The highest BCUT2D eigenvalue weighted by molar-refractivity contribution is 7.14. The lowest BCUT2D eigenvalue weighted by Crippen LogP contribution is -2.44. The number of rotatable bonds is 9. The highest BCUT2D eigenvalue weighted by atomic mass is 32.1. The van der Waals surface area contributed by atoms with Gasteiger partial charge in [0.15, 0.2) is 0 Å². The summed E-state index contributed by atoms with van der Waals surface area (Å²) in [6.07, 6.45) is 3.95. The zero-order valence-corrected chi connectivity index (χ0v) is 19.8. The van der Waals surface area contributed by atoms with Gasteiger partial charge >= 0.3 is 0 Å². The molecule has 1 fully saturated rings. The van der Waals surface area contributed by atoms with Gasteiger partial charge in [0.25, 0.3) is 0 Å². The predicted octanol–water partition coefficient (Wildman–Crippen LogP) is 4.94. The van der Waals surface area contributed by atoms with Gasteiger partial charge in [0.1, 0.15) is 11.0 Å². The van der Waals surface area contributed by atoms with Crippen LogP contribution in [0.4, 0.5) is 11.4 Å². The van der Waals surface area contributed by atoms with Crippen molar-refractivity contribution in [1.82, 2.24) is 10.3 Å². The van der Waals surface area contributed by atoms with E-state index in [1.54, 1.807) is 11.3 Å². The molecule has 0 aliphatic carbocycles. The number of thiazole rings is 1. The Morgan fingerprint density at radius 1 is 1.19 bits per heavy atom. The van der Waals surface area contributed by atoms with E-state index in [4.69, 9.17) is 0 Å². The third-order valence-corrected chi connectivity index (χ3v) is 7.10. The standard InChI is InChI=1S/C24H28N4O2S2/c1-2-6-21(23(30)25-18-7-5-8-20(13-18)28-10-3-4-11-28)27-22(29)14-19-16-32-24(26-19)17-9-12-31-15-17/h5,7-9,12-13,15-16,21H,2-4,6,10-11,14H2,1H3,(H,25,30)(H,27,29). The zero-order chi connectivity index (χ0) is 22.3. The Morgan fingerprint density at radius 2 is 2.03 bits per heavy atom. The van der Waals surface area contributed by atoms with Crippen molar-refractivity contribution in [2.75, 3.05) is 23.3 Å². The van der Waals surface area contributed by atoms with Crippen molar-refractivity contribution < 1.29 is 9.59 Å². The molecule has 2 aromatic heterocycles. The summed E-state index contributed by atoms with van der Waals surface area (Å²) in [5.74, 6) is -0.373. The number of carbonyl (C=O) groups excluding carboxylic acids is 2. The first-order valence-corrected chi connectivity index (χ1v) is 12.9. The Balaban J connectivity index is 1.36. The largest absolute Gasteiger partial charge is 0.371 e. The highest BCUT2D eigenvalue weighted by Gasteiger charge is 2.21. The number of thiophene rings is 1. The lowest BCUT2D eigenvalue weighted by atomic mass is 10.1. The first-order chi connectivity index (χ1) is 15.6. The van der Waals surface area contributed by atoms with Gasteiger partial charge in [-0.15, -0.1) is 11.3 Å². The van der Waals surface area contributed by atoms with Crippen molar-refractivity contribution in [3.63, 3.8) is 0 Å². The molecule has 1 aliphatic rings. The van der Waals surface area contributed by atoms with E-state index in [0.29, 0.717) is 6.42 Å². The Bertz CT molecular complexity index is 1040. The van der Waals surface area contributed by atoms with Gasteiger partial charge in [-0.2, -0.15) is 11.3 Å². The normalized spacial score (nSPS) is 14.3. The van der Waals surface area contributed by atoms with Crippen molar-refractivity contribution in [3.05, 3.63) is 52.2 Å². The Labute approximate surface area is 196 Å². The monoisotopic (exact) mass is 468 g/mol. The molecule has 6 nitrogen and oxygen atoms in total. The van der Waals surface area contributed by atoms with Gasteiger partial charge in [0.2, 0.25) is 11.8 Å². The van der Waals surface area contributed by atoms with Crippen molar-refractivity contribution in [1.29, 1.82) is 0 Å². The molecule has 1 unspecified atom stereocenters. The van der Waals surface area contributed by atoms with Gasteiger partial charge in [-0.25, -0.2) is 4.98 Å². The molecule has 0 spiro atoms. The molecular weight excluding hydrogens is 440 g/mol. The van der Waals surface area contributed by atoms with E-state index in [0.717, 1.165) is 47.2 Å². The second-order valence-corrected chi connectivity index (χ2v) is 9.61. The van der Waals surface area contributed by atoms with E-state index in [9.17, 15) is 9.59 Å². The van der Waals surface area contributed by atoms with Crippen molar-refractivity contribution >= 4 is 45.9 Å². The molecule has 1 saturated heterocycles. The van der Waals surface area contributed by atoms with Gasteiger partial charge < -0.3 is 15.5 Å². The minimum absolute atomic E-state index is 0.165. The summed E-state index contributed by atoms with van der Waals surface area (Å²) in [6, 6.07) is 9.39.